The Morgan fingerprint density at radius 1 is 0.400 bits per heavy atom. The maximum Gasteiger partial charge on any atom is 0.306 e. The van der Waals surface area contributed by atoms with Gasteiger partial charge < -0.3 is 19.1 Å². The molecule has 0 aromatic carbocycles. The van der Waals surface area contributed by atoms with E-state index in [2.05, 4.69) is 37.5 Å². The molecule has 0 aromatic rings. The molecule has 0 spiro atoms. The molecule has 0 heterocycles. The Balaban J connectivity index is 4.42. The van der Waals surface area contributed by atoms with Crippen molar-refractivity contribution >= 4 is 17.9 Å². The highest BCUT2D eigenvalue weighted by Crippen LogP contribution is 2.19. The molecule has 356 valence electrons. The van der Waals surface area contributed by atoms with Crippen LogP contribution in [0.2, 0.25) is 0 Å². The van der Waals surface area contributed by atoms with Crippen LogP contribution in [-0.4, -0.2) is 87.3 Å². The summed E-state index contributed by atoms with van der Waals surface area (Å²) in [7, 11) is 4.05. The normalized spacial score (nSPS) is 11.7. The molecule has 0 aliphatic rings. The third kappa shape index (κ3) is 44.4. The number of carbonyl (C=O) groups is 3. The van der Waals surface area contributed by atoms with Gasteiger partial charge >= 0.3 is 17.9 Å². The van der Waals surface area contributed by atoms with Crippen LogP contribution < -0.4 is 0 Å². The van der Waals surface area contributed by atoms with Gasteiger partial charge in [-0.2, -0.15) is 0 Å². The number of esters is 3. The summed E-state index contributed by atoms with van der Waals surface area (Å²) in [6, 6.07) is 0. The second-order valence-electron chi connectivity index (χ2n) is 18.8. The van der Waals surface area contributed by atoms with Gasteiger partial charge in [0.2, 0.25) is 0 Å². The maximum absolute atomic E-state index is 12.8. The molecule has 0 unspecified atom stereocenters. The summed E-state index contributed by atoms with van der Waals surface area (Å²) < 4.78 is 17.2. The molecule has 0 radical (unpaired) electrons. The number of carbonyl (C=O) groups excluding carboxylic acids is 3. The first-order valence-electron chi connectivity index (χ1n) is 26.1. The van der Waals surface area contributed by atoms with Crippen molar-refractivity contribution in [3.05, 3.63) is 0 Å². The molecule has 0 N–H and O–H groups in total. The van der Waals surface area contributed by atoms with Crippen LogP contribution in [0.4, 0.5) is 0 Å². The van der Waals surface area contributed by atoms with E-state index >= 15 is 0 Å². The number of ether oxygens (including phenoxy) is 3. The van der Waals surface area contributed by atoms with Crippen LogP contribution in [0.25, 0.3) is 0 Å². The van der Waals surface area contributed by atoms with E-state index < -0.39 is 0 Å². The standard InChI is InChI=1S/C52H102N2O6/c1-7-9-11-13-20-28-37-49(38-29-21-14-12-10-8-2)60-52(57)40-31-23-18-25-33-44-54(45-47-59-51(56)41-35-42-53(5)6)43-32-24-17-22-30-39-50(55)58-46-34-26-16-15-19-27-36-48(3)4/h48-49H,7-47H2,1-6H3. The fourth-order valence-electron chi connectivity index (χ4n) is 7.94. The predicted molar refractivity (Wildman–Crippen MR) is 255 cm³/mol. The molecule has 0 aliphatic heterocycles. The van der Waals surface area contributed by atoms with Crippen molar-refractivity contribution in [3.8, 4) is 0 Å². The minimum Gasteiger partial charge on any atom is -0.466 e. The van der Waals surface area contributed by atoms with E-state index in [1.165, 1.54) is 109 Å². The third-order valence-corrected chi connectivity index (χ3v) is 11.9. The van der Waals surface area contributed by atoms with Gasteiger partial charge in [0.25, 0.3) is 0 Å². The van der Waals surface area contributed by atoms with Crippen molar-refractivity contribution < 1.29 is 28.6 Å². The highest BCUT2D eigenvalue weighted by Gasteiger charge is 2.15. The van der Waals surface area contributed by atoms with Crippen molar-refractivity contribution in [1.82, 2.24) is 9.80 Å². The van der Waals surface area contributed by atoms with E-state index in [9.17, 15) is 14.4 Å². The molecule has 8 heteroatoms. The molecular formula is C52H102N2O6. The average molecular weight is 851 g/mol. The van der Waals surface area contributed by atoms with E-state index in [-0.39, 0.29) is 24.0 Å². The lowest BCUT2D eigenvalue weighted by Gasteiger charge is -2.22. The molecule has 0 amide bonds. The summed E-state index contributed by atoms with van der Waals surface area (Å²) in [4.78, 5) is 41.9. The monoisotopic (exact) mass is 851 g/mol. The molecule has 0 saturated heterocycles. The Labute approximate surface area is 373 Å². The van der Waals surface area contributed by atoms with Gasteiger partial charge in [0.1, 0.15) is 12.7 Å². The van der Waals surface area contributed by atoms with Gasteiger partial charge in [-0.3, -0.25) is 19.3 Å². The molecule has 0 atom stereocenters. The summed E-state index contributed by atoms with van der Waals surface area (Å²) in [5.41, 5.74) is 0. The van der Waals surface area contributed by atoms with Crippen LogP contribution in [0.5, 0.6) is 0 Å². The van der Waals surface area contributed by atoms with Crippen molar-refractivity contribution in [3.63, 3.8) is 0 Å². The minimum absolute atomic E-state index is 0.00297. The van der Waals surface area contributed by atoms with Gasteiger partial charge in [-0.25, -0.2) is 0 Å². The van der Waals surface area contributed by atoms with Gasteiger partial charge in [0, 0.05) is 25.8 Å². The highest BCUT2D eigenvalue weighted by atomic mass is 16.5. The van der Waals surface area contributed by atoms with E-state index in [0.717, 1.165) is 128 Å². The molecule has 0 saturated carbocycles. The van der Waals surface area contributed by atoms with Crippen LogP contribution in [0.15, 0.2) is 0 Å². The summed E-state index contributed by atoms with van der Waals surface area (Å²) in [6.07, 6.45) is 39.1. The van der Waals surface area contributed by atoms with Gasteiger partial charge in [-0.1, -0.05) is 169 Å². The van der Waals surface area contributed by atoms with E-state index in [4.69, 9.17) is 14.2 Å². The second kappa shape index (κ2) is 45.4. The summed E-state index contributed by atoms with van der Waals surface area (Å²) >= 11 is 0. The fraction of sp³-hybridized carbons (Fsp3) is 0.942. The highest BCUT2D eigenvalue weighted by molar-refractivity contribution is 5.70. The summed E-state index contributed by atoms with van der Waals surface area (Å²) in [6.45, 7) is 13.8. The predicted octanol–water partition coefficient (Wildman–Crippen LogP) is 14.2. The number of hydrogen-bond donors (Lipinski definition) is 0. The second-order valence-corrected chi connectivity index (χ2v) is 18.8. The van der Waals surface area contributed by atoms with E-state index in [1.54, 1.807) is 0 Å². The smallest absolute Gasteiger partial charge is 0.306 e. The van der Waals surface area contributed by atoms with Crippen LogP contribution in [0.1, 0.15) is 252 Å². The molecule has 0 bridgehead atoms. The van der Waals surface area contributed by atoms with Crippen LogP contribution in [0, 0.1) is 5.92 Å². The van der Waals surface area contributed by atoms with Gasteiger partial charge in [0.15, 0.2) is 0 Å². The average Bonchev–Trinajstić information content (AvgIpc) is 3.21. The third-order valence-electron chi connectivity index (χ3n) is 11.9. The zero-order valence-corrected chi connectivity index (χ0v) is 41.0. The molecule has 0 rings (SSSR count). The Morgan fingerprint density at radius 2 is 0.800 bits per heavy atom. The van der Waals surface area contributed by atoms with Crippen LogP contribution in [-0.2, 0) is 28.6 Å². The summed E-state index contributed by atoms with van der Waals surface area (Å²) in [5, 5.41) is 0. The first kappa shape index (κ1) is 58.3. The Hall–Kier alpha value is -1.67. The molecule has 0 aromatic heterocycles. The first-order chi connectivity index (χ1) is 29.2. The van der Waals surface area contributed by atoms with Crippen molar-refractivity contribution in [2.75, 3.05) is 53.5 Å². The maximum atomic E-state index is 12.8. The summed E-state index contributed by atoms with van der Waals surface area (Å²) in [5.74, 6) is 0.666. The molecule has 0 aliphatic carbocycles. The van der Waals surface area contributed by atoms with E-state index in [0.29, 0.717) is 32.5 Å². The first-order valence-corrected chi connectivity index (χ1v) is 26.1. The number of unbranched alkanes of at least 4 members (excludes halogenated alkanes) is 23. The Morgan fingerprint density at radius 3 is 1.30 bits per heavy atom. The number of hydrogen-bond acceptors (Lipinski definition) is 8. The lowest BCUT2D eigenvalue weighted by atomic mass is 10.0. The quantitative estimate of drug-likeness (QED) is 0.0340. The molecule has 0 fully saturated rings. The van der Waals surface area contributed by atoms with Crippen LogP contribution in [0.3, 0.4) is 0 Å². The molecule has 60 heavy (non-hydrogen) atoms. The topological polar surface area (TPSA) is 85.4 Å². The lowest BCUT2D eigenvalue weighted by molar-refractivity contribution is -0.150. The fourth-order valence-corrected chi connectivity index (χ4v) is 7.94. The number of nitrogens with zero attached hydrogens (tertiary/aromatic N) is 2. The Bertz CT molecular complexity index is 927. The van der Waals surface area contributed by atoms with Crippen molar-refractivity contribution in [2.24, 2.45) is 5.92 Å². The van der Waals surface area contributed by atoms with Gasteiger partial charge in [0.05, 0.1) is 6.61 Å². The van der Waals surface area contributed by atoms with Crippen molar-refractivity contribution in [2.45, 2.75) is 259 Å². The zero-order chi connectivity index (χ0) is 44.2. The van der Waals surface area contributed by atoms with Crippen LogP contribution >= 0.6 is 0 Å². The molecule has 8 nitrogen and oxygen atoms in total. The van der Waals surface area contributed by atoms with Gasteiger partial charge in [-0.05, 0) is 104 Å². The SMILES string of the molecule is CCCCCCCCC(CCCCCCCC)OC(=O)CCCCCCCN(CCCCCCCC(=O)OCCCCCCCCC(C)C)CCOC(=O)CCCN(C)C. The minimum atomic E-state index is -0.0995. The zero-order valence-electron chi connectivity index (χ0n) is 41.0. The lowest BCUT2D eigenvalue weighted by Crippen LogP contribution is -2.30. The largest absolute Gasteiger partial charge is 0.466 e. The Kier molecular flexibility index (Phi) is 44.1. The van der Waals surface area contributed by atoms with Gasteiger partial charge in [-0.15, -0.1) is 0 Å². The molecular weight excluding hydrogens is 749 g/mol. The van der Waals surface area contributed by atoms with E-state index in [1.807, 2.05) is 14.1 Å². The van der Waals surface area contributed by atoms with Crippen molar-refractivity contribution in [1.29, 1.82) is 0 Å². The number of rotatable bonds is 47.